The smallest absolute Gasteiger partial charge is 0.454 e. The van der Waals surface area contributed by atoms with Gasteiger partial charge in [0.25, 0.3) is 0 Å². The molecule has 0 fully saturated rings. The third kappa shape index (κ3) is 5.34. The molecule has 26 heavy (non-hydrogen) atoms. The second-order valence-electron chi connectivity index (χ2n) is 6.22. The molecule has 0 aliphatic heterocycles. The largest absolute Gasteiger partial charge is 0.508 e. The van der Waals surface area contributed by atoms with Gasteiger partial charge in [-0.1, -0.05) is 30.3 Å². The average Bonchev–Trinajstić information content (AvgIpc) is 3.09. The van der Waals surface area contributed by atoms with Crippen LogP contribution in [-0.4, -0.2) is 40.5 Å². The molecular formula is C19H24N2O5. The van der Waals surface area contributed by atoms with E-state index in [-0.39, 0.29) is 18.8 Å². The third-order valence-corrected chi connectivity index (χ3v) is 3.65. The van der Waals surface area contributed by atoms with Crippen LogP contribution in [0.25, 0.3) is 0 Å². The lowest BCUT2D eigenvalue weighted by Crippen LogP contribution is -2.25. The van der Waals surface area contributed by atoms with Crippen LogP contribution in [0.5, 0.6) is 0 Å². The van der Waals surface area contributed by atoms with Gasteiger partial charge in [0, 0.05) is 0 Å². The van der Waals surface area contributed by atoms with Crippen molar-refractivity contribution in [3.05, 3.63) is 54.1 Å². The van der Waals surface area contributed by atoms with E-state index in [2.05, 4.69) is 4.98 Å². The Kier molecular flexibility index (Phi) is 6.77. The highest BCUT2D eigenvalue weighted by atomic mass is 16.7. The van der Waals surface area contributed by atoms with Crippen LogP contribution in [0.4, 0.5) is 4.79 Å². The summed E-state index contributed by atoms with van der Waals surface area (Å²) in [5, 5.41) is 0. The van der Waals surface area contributed by atoms with Gasteiger partial charge in [-0.25, -0.2) is 14.6 Å². The van der Waals surface area contributed by atoms with Crippen molar-refractivity contribution in [2.45, 2.75) is 45.9 Å². The normalized spacial score (nSPS) is 13.1. The predicted octanol–water partition coefficient (Wildman–Crippen LogP) is 3.60. The molecule has 0 bridgehead atoms. The van der Waals surface area contributed by atoms with Crippen LogP contribution in [-0.2, 0) is 14.2 Å². The highest BCUT2D eigenvalue weighted by Gasteiger charge is 2.21. The van der Waals surface area contributed by atoms with Crippen LogP contribution in [0.3, 0.4) is 0 Å². The molecule has 2 aromatic rings. The van der Waals surface area contributed by atoms with E-state index in [1.807, 2.05) is 37.3 Å². The van der Waals surface area contributed by atoms with Gasteiger partial charge in [-0.3, -0.25) is 0 Å². The minimum Gasteiger partial charge on any atom is -0.454 e. The average molecular weight is 360 g/mol. The summed E-state index contributed by atoms with van der Waals surface area (Å²) in [6.45, 7) is 6.98. The van der Waals surface area contributed by atoms with Crippen LogP contribution in [0, 0.1) is 0 Å². The molecule has 0 radical (unpaired) electrons. The number of hydrogen-bond donors (Lipinski definition) is 0. The van der Waals surface area contributed by atoms with E-state index < -0.39 is 18.2 Å². The third-order valence-electron chi connectivity index (χ3n) is 3.65. The summed E-state index contributed by atoms with van der Waals surface area (Å²) in [6.07, 6.45) is 1.38. The molecule has 1 aromatic carbocycles. The summed E-state index contributed by atoms with van der Waals surface area (Å²) in [7, 11) is 0. The zero-order chi connectivity index (χ0) is 19.1. The number of hydrogen-bond acceptors (Lipinski definition) is 6. The number of esters is 1. The summed E-state index contributed by atoms with van der Waals surface area (Å²) in [5.41, 5.74) is 1.38. The first-order valence-electron chi connectivity index (χ1n) is 8.49. The molecule has 0 spiro atoms. The summed E-state index contributed by atoms with van der Waals surface area (Å²) < 4.78 is 16.9. The summed E-state index contributed by atoms with van der Waals surface area (Å²) in [6, 6.07) is 9.71. The first-order valence-corrected chi connectivity index (χ1v) is 8.49. The molecule has 0 amide bonds. The first kappa shape index (κ1) is 19.5. The molecule has 1 unspecified atom stereocenters. The monoisotopic (exact) mass is 360 g/mol. The Morgan fingerprint density at radius 2 is 1.77 bits per heavy atom. The van der Waals surface area contributed by atoms with Gasteiger partial charge in [0.2, 0.25) is 0 Å². The van der Waals surface area contributed by atoms with Crippen molar-refractivity contribution in [2.24, 2.45) is 0 Å². The molecule has 0 saturated heterocycles. The maximum absolute atomic E-state index is 12.4. The Morgan fingerprint density at radius 3 is 2.42 bits per heavy atom. The number of carbonyl (C=O) groups excluding carboxylic acids is 2. The van der Waals surface area contributed by atoms with Crippen LogP contribution in [0.15, 0.2) is 42.9 Å². The Balaban J connectivity index is 1.96. The van der Waals surface area contributed by atoms with E-state index in [4.69, 9.17) is 14.2 Å². The molecule has 7 nitrogen and oxygen atoms in total. The number of aromatic nitrogens is 2. The van der Waals surface area contributed by atoms with Crippen molar-refractivity contribution in [3.63, 3.8) is 0 Å². The van der Waals surface area contributed by atoms with Gasteiger partial charge in [0.1, 0.15) is 18.4 Å². The van der Waals surface area contributed by atoms with Crippen molar-refractivity contribution < 1.29 is 23.8 Å². The molecule has 0 aliphatic rings. The standard InChI is InChI=1S/C19H24N2O5/c1-13(2)25-19(23)24-11-14(3)26-18(22)17-10-20-12-21(17)15(4)16-8-6-5-7-9-16/h5-10,12-15H,11H2,1-4H3/t14?,15-/m1/s1. The van der Waals surface area contributed by atoms with Crippen molar-refractivity contribution in [1.82, 2.24) is 9.55 Å². The molecule has 7 heteroatoms. The number of rotatable bonds is 7. The summed E-state index contributed by atoms with van der Waals surface area (Å²) >= 11 is 0. The summed E-state index contributed by atoms with van der Waals surface area (Å²) in [5.74, 6) is -0.529. The fourth-order valence-electron chi connectivity index (χ4n) is 2.35. The maximum Gasteiger partial charge on any atom is 0.508 e. The molecule has 2 atom stereocenters. The topological polar surface area (TPSA) is 79.7 Å². The second kappa shape index (κ2) is 9.03. The van der Waals surface area contributed by atoms with Gasteiger partial charge >= 0.3 is 12.1 Å². The summed E-state index contributed by atoms with van der Waals surface area (Å²) in [4.78, 5) is 27.9. The fraction of sp³-hybridized carbons (Fsp3) is 0.421. The quantitative estimate of drug-likeness (QED) is 0.702. The number of carbonyl (C=O) groups is 2. The van der Waals surface area contributed by atoms with Gasteiger partial charge in [0.05, 0.1) is 24.7 Å². The SMILES string of the molecule is CC(C)OC(=O)OCC(C)OC(=O)c1cncn1[C@H](C)c1ccccc1. The molecule has 0 N–H and O–H groups in total. The first-order chi connectivity index (χ1) is 12.4. The van der Waals surface area contributed by atoms with Crippen LogP contribution in [0.2, 0.25) is 0 Å². The van der Waals surface area contributed by atoms with Gasteiger partial charge in [-0.2, -0.15) is 0 Å². The van der Waals surface area contributed by atoms with Gasteiger partial charge in [-0.05, 0) is 33.3 Å². The second-order valence-corrected chi connectivity index (χ2v) is 6.22. The highest BCUT2D eigenvalue weighted by Crippen LogP contribution is 2.20. The van der Waals surface area contributed by atoms with Gasteiger partial charge < -0.3 is 18.8 Å². The molecule has 1 aromatic heterocycles. The lowest BCUT2D eigenvalue weighted by atomic mass is 10.1. The molecule has 1 heterocycles. The van der Waals surface area contributed by atoms with E-state index in [1.54, 1.807) is 31.7 Å². The van der Waals surface area contributed by atoms with Crippen LogP contribution < -0.4 is 0 Å². The Morgan fingerprint density at radius 1 is 1.08 bits per heavy atom. The van der Waals surface area contributed by atoms with Crippen molar-refractivity contribution >= 4 is 12.1 Å². The number of imidazole rings is 1. The number of ether oxygens (including phenoxy) is 3. The van der Waals surface area contributed by atoms with E-state index in [1.165, 1.54) is 6.20 Å². The van der Waals surface area contributed by atoms with Crippen LogP contribution in [0.1, 0.15) is 49.8 Å². The predicted molar refractivity (Wildman–Crippen MR) is 94.9 cm³/mol. The highest BCUT2D eigenvalue weighted by molar-refractivity contribution is 5.87. The Hall–Kier alpha value is -2.83. The molecular weight excluding hydrogens is 336 g/mol. The maximum atomic E-state index is 12.4. The zero-order valence-electron chi connectivity index (χ0n) is 15.4. The molecule has 0 saturated carbocycles. The number of benzene rings is 1. The Labute approximate surface area is 152 Å². The lowest BCUT2D eigenvalue weighted by Gasteiger charge is -2.18. The lowest BCUT2D eigenvalue weighted by molar-refractivity contribution is -0.00906. The molecule has 140 valence electrons. The zero-order valence-corrected chi connectivity index (χ0v) is 15.4. The minimum atomic E-state index is -0.786. The van der Waals surface area contributed by atoms with Crippen molar-refractivity contribution in [1.29, 1.82) is 0 Å². The van der Waals surface area contributed by atoms with Crippen molar-refractivity contribution in [3.8, 4) is 0 Å². The minimum absolute atomic E-state index is 0.0752. The fourth-order valence-corrected chi connectivity index (χ4v) is 2.35. The van der Waals surface area contributed by atoms with E-state index in [0.717, 1.165) is 5.56 Å². The van der Waals surface area contributed by atoms with Gasteiger partial charge in [0.15, 0.2) is 0 Å². The van der Waals surface area contributed by atoms with Crippen molar-refractivity contribution in [2.75, 3.05) is 6.61 Å². The molecule has 0 aliphatic carbocycles. The van der Waals surface area contributed by atoms with E-state index in [0.29, 0.717) is 5.69 Å². The van der Waals surface area contributed by atoms with Gasteiger partial charge in [-0.15, -0.1) is 0 Å². The Bertz CT molecular complexity index is 727. The molecule has 2 rings (SSSR count). The van der Waals surface area contributed by atoms with E-state index >= 15 is 0 Å². The number of nitrogens with zero attached hydrogens (tertiary/aromatic N) is 2. The van der Waals surface area contributed by atoms with E-state index in [9.17, 15) is 9.59 Å². The van der Waals surface area contributed by atoms with Crippen LogP contribution >= 0.6 is 0 Å².